The van der Waals surface area contributed by atoms with E-state index >= 15 is 0 Å². The molecule has 0 saturated carbocycles. The van der Waals surface area contributed by atoms with Crippen LogP contribution in [0.4, 0.5) is 13.2 Å². The van der Waals surface area contributed by atoms with E-state index in [0.717, 1.165) is 12.8 Å². The molecule has 0 aromatic rings. The normalized spacial score (nSPS) is 20.5. The van der Waals surface area contributed by atoms with E-state index in [0.29, 0.717) is 5.57 Å². The van der Waals surface area contributed by atoms with Crippen LogP contribution in [0.15, 0.2) is 23.8 Å². The summed E-state index contributed by atoms with van der Waals surface area (Å²) in [6.07, 6.45) is 2.51. The Morgan fingerprint density at radius 1 is 1.33 bits per heavy atom. The summed E-state index contributed by atoms with van der Waals surface area (Å²) in [5.74, 6) is -1.32. The highest BCUT2D eigenvalue weighted by Gasteiger charge is 2.37. The smallest absolute Gasteiger partial charge is 0.170 e. The maximum absolute atomic E-state index is 12.2. The van der Waals surface area contributed by atoms with Gasteiger partial charge in [-0.2, -0.15) is 13.2 Å². The van der Waals surface area contributed by atoms with Crippen molar-refractivity contribution in [3.8, 4) is 0 Å². The van der Waals surface area contributed by atoms with Gasteiger partial charge in [-0.05, 0) is 25.3 Å². The molecule has 0 N–H and O–H groups in total. The van der Waals surface area contributed by atoms with Gasteiger partial charge in [0, 0.05) is 0 Å². The van der Waals surface area contributed by atoms with Gasteiger partial charge in [-0.25, -0.2) is 0 Å². The van der Waals surface area contributed by atoms with E-state index in [2.05, 4.69) is 0 Å². The van der Waals surface area contributed by atoms with Crippen LogP contribution in [0.25, 0.3) is 0 Å². The van der Waals surface area contributed by atoms with Gasteiger partial charge in [0.05, 0.1) is 5.92 Å². The van der Waals surface area contributed by atoms with Crippen molar-refractivity contribution in [1.82, 2.24) is 0 Å². The fourth-order valence-electron chi connectivity index (χ4n) is 1.14. The summed E-state index contributed by atoms with van der Waals surface area (Å²) in [7, 11) is 0. The standard InChI is InChI=1S/C9H11F3/c1-7(9(10,11)12)8-5-3-2-4-6-8/h3,5-7H,2,4H2,1H3/t7-/m0/s1. The average molecular weight is 176 g/mol. The quantitative estimate of drug-likeness (QED) is 0.574. The molecule has 0 aromatic heterocycles. The molecule has 0 amide bonds. The molecule has 0 radical (unpaired) electrons. The van der Waals surface area contributed by atoms with Crippen LogP contribution in [0, 0.1) is 5.92 Å². The number of hydrogen-bond acceptors (Lipinski definition) is 0. The zero-order valence-corrected chi connectivity index (χ0v) is 6.86. The molecule has 0 heterocycles. The molecule has 0 aromatic carbocycles. The van der Waals surface area contributed by atoms with Gasteiger partial charge in [-0.15, -0.1) is 0 Å². The molecule has 0 spiro atoms. The monoisotopic (exact) mass is 176 g/mol. The van der Waals surface area contributed by atoms with E-state index in [4.69, 9.17) is 0 Å². The zero-order chi connectivity index (χ0) is 9.19. The Hall–Kier alpha value is -0.730. The molecule has 0 saturated heterocycles. The molecule has 0 nitrogen and oxygen atoms in total. The van der Waals surface area contributed by atoms with E-state index < -0.39 is 12.1 Å². The fourth-order valence-corrected chi connectivity index (χ4v) is 1.14. The molecule has 0 bridgehead atoms. The third-order valence-corrected chi connectivity index (χ3v) is 2.01. The Kier molecular flexibility index (Phi) is 2.60. The molecular formula is C9H11F3. The lowest BCUT2D eigenvalue weighted by molar-refractivity contribution is -0.158. The summed E-state index contributed by atoms with van der Waals surface area (Å²) in [5, 5.41) is 0. The van der Waals surface area contributed by atoms with E-state index in [1.165, 1.54) is 6.92 Å². The molecule has 68 valence electrons. The zero-order valence-electron chi connectivity index (χ0n) is 6.86. The van der Waals surface area contributed by atoms with Crippen LogP contribution in [-0.2, 0) is 0 Å². The van der Waals surface area contributed by atoms with E-state index in [9.17, 15) is 13.2 Å². The highest BCUT2D eigenvalue weighted by atomic mass is 19.4. The van der Waals surface area contributed by atoms with Crippen LogP contribution in [0.1, 0.15) is 19.8 Å². The first kappa shape index (κ1) is 9.36. The summed E-state index contributed by atoms with van der Waals surface area (Å²) in [6.45, 7) is 1.20. The molecule has 12 heavy (non-hydrogen) atoms. The lowest BCUT2D eigenvalue weighted by Gasteiger charge is -2.18. The summed E-state index contributed by atoms with van der Waals surface area (Å²) < 4.78 is 36.5. The van der Waals surface area contributed by atoms with Gasteiger partial charge < -0.3 is 0 Å². The second-order valence-electron chi connectivity index (χ2n) is 2.95. The van der Waals surface area contributed by atoms with E-state index in [1.807, 2.05) is 0 Å². The Morgan fingerprint density at radius 3 is 2.42 bits per heavy atom. The Morgan fingerprint density at radius 2 is 2.00 bits per heavy atom. The third-order valence-electron chi connectivity index (χ3n) is 2.01. The van der Waals surface area contributed by atoms with E-state index in [-0.39, 0.29) is 0 Å². The van der Waals surface area contributed by atoms with Gasteiger partial charge in [-0.1, -0.05) is 18.2 Å². The Bertz CT molecular complexity index is 210. The molecule has 1 aliphatic carbocycles. The van der Waals surface area contributed by atoms with Gasteiger partial charge in [0.1, 0.15) is 0 Å². The maximum atomic E-state index is 12.2. The number of allylic oxidation sites excluding steroid dienone is 4. The van der Waals surface area contributed by atoms with Crippen LogP contribution >= 0.6 is 0 Å². The second kappa shape index (κ2) is 3.33. The first-order valence-corrected chi connectivity index (χ1v) is 3.95. The van der Waals surface area contributed by atoms with Crippen LogP contribution in [0.5, 0.6) is 0 Å². The molecule has 0 aliphatic heterocycles. The van der Waals surface area contributed by atoms with Gasteiger partial charge in [0.2, 0.25) is 0 Å². The van der Waals surface area contributed by atoms with Crippen molar-refractivity contribution in [1.29, 1.82) is 0 Å². The van der Waals surface area contributed by atoms with Crippen LogP contribution in [0.3, 0.4) is 0 Å². The Balaban J connectivity index is 2.70. The summed E-state index contributed by atoms with van der Waals surface area (Å²) in [6, 6.07) is 0. The van der Waals surface area contributed by atoms with Crippen molar-refractivity contribution in [3.63, 3.8) is 0 Å². The summed E-state index contributed by atoms with van der Waals surface area (Å²) in [4.78, 5) is 0. The van der Waals surface area contributed by atoms with Crippen LogP contribution < -0.4 is 0 Å². The number of hydrogen-bond donors (Lipinski definition) is 0. The number of rotatable bonds is 1. The van der Waals surface area contributed by atoms with Crippen molar-refractivity contribution in [2.24, 2.45) is 5.92 Å². The maximum Gasteiger partial charge on any atom is 0.395 e. The number of halogens is 3. The van der Waals surface area contributed by atoms with Crippen LogP contribution in [-0.4, -0.2) is 6.18 Å². The second-order valence-corrected chi connectivity index (χ2v) is 2.95. The minimum Gasteiger partial charge on any atom is -0.170 e. The first-order valence-electron chi connectivity index (χ1n) is 3.95. The first-order chi connectivity index (χ1) is 5.52. The highest BCUT2D eigenvalue weighted by molar-refractivity contribution is 5.25. The van der Waals surface area contributed by atoms with Crippen LogP contribution in [0.2, 0.25) is 0 Å². The highest BCUT2D eigenvalue weighted by Crippen LogP contribution is 2.33. The van der Waals surface area contributed by atoms with Crippen molar-refractivity contribution >= 4 is 0 Å². The van der Waals surface area contributed by atoms with Gasteiger partial charge >= 0.3 is 6.18 Å². The largest absolute Gasteiger partial charge is 0.395 e. The molecule has 3 heteroatoms. The van der Waals surface area contributed by atoms with Crippen molar-refractivity contribution < 1.29 is 13.2 Å². The van der Waals surface area contributed by atoms with E-state index in [1.54, 1.807) is 18.2 Å². The summed E-state index contributed by atoms with van der Waals surface area (Å²) >= 11 is 0. The summed E-state index contributed by atoms with van der Waals surface area (Å²) in [5.41, 5.74) is 0.397. The predicted molar refractivity (Wildman–Crippen MR) is 41.7 cm³/mol. The predicted octanol–water partition coefficient (Wildman–Crippen LogP) is 3.46. The minimum atomic E-state index is -4.10. The van der Waals surface area contributed by atoms with Crippen molar-refractivity contribution in [2.75, 3.05) is 0 Å². The molecule has 1 rings (SSSR count). The fraction of sp³-hybridized carbons (Fsp3) is 0.556. The molecule has 1 aliphatic rings. The molecule has 1 atom stereocenters. The molecular weight excluding hydrogens is 165 g/mol. The van der Waals surface area contributed by atoms with Crippen molar-refractivity contribution in [3.05, 3.63) is 23.8 Å². The van der Waals surface area contributed by atoms with Gasteiger partial charge in [0.25, 0.3) is 0 Å². The lowest BCUT2D eigenvalue weighted by atomic mass is 9.95. The third kappa shape index (κ3) is 2.13. The lowest BCUT2D eigenvalue weighted by Crippen LogP contribution is -2.21. The number of alkyl halides is 3. The minimum absolute atomic E-state index is 0.397. The average Bonchev–Trinajstić information content (AvgIpc) is 2.03. The topological polar surface area (TPSA) is 0 Å². The van der Waals surface area contributed by atoms with Gasteiger partial charge in [-0.3, -0.25) is 0 Å². The SMILES string of the molecule is C[C@@H](C1=CCCC=C1)C(F)(F)F. The molecule has 0 fully saturated rings. The van der Waals surface area contributed by atoms with Gasteiger partial charge in [0.15, 0.2) is 0 Å². The van der Waals surface area contributed by atoms with Crippen molar-refractivity contribution in [2.45, 2.75) is 25.9 Å². The molecule has 0 unspecified atom stereocenters. The Labute approximate surface area is 69.8 Å².